The van der Waals surface area contributed by atoms with Crippen LogP contribution in [-0.4, -0.2) is 50.1 Å². The van der Waals surface area contributed by atoms with E-state index in [1.807, 2.05) is 0 Å². The van der Waals surface area contributed by atoms with Gasteiger partial charge in [-0.25, -0.2) is 0 Å². The summed E-state index contributed by atoms with van der Waals surface area (Å²) in [7, 11) is 1.59. The summed E-state index contributed by atoms with van der Waals surface area (Å²) < 4.78 is 15.7. The third-order valence-corrected chi connectivity index (χ3v) is 3.59. The van der Waals surface area contributed by atoms with E-state index in [1.54, 1.807) is 31.4 Å². The molecule has 0 aromatic heterocycles. The van der Waals surface area contributed by atoms with E-state index in [0.717, 1.165) is 5.75 Å². The Morgan fingerprint density at radius 2 is 1.90 bits per heavy atom. The van der Waals surface area contributed by atoms with Gasteiger partial charge in [0.25, 0.3) is 5.91 Å². The van der Waals surface area contributed by atoms with E-state index in [-0.39, 0.29) is 19.1 Å². The number of hydrogen-bond acceptors (Lipinski definition) is 5. The van der Waals surface area contributed by atoms with E-state index in [1.165, 1.54) is 0 Å². The molecule has 0 radical (unpaired) electrons. The van der Waals surface area contributed by atoms with Crippen molar-refractivity contribution in [2.75, 3.05) is 33.5 Å². The Hall–Kier alpha value is -1.79. The summed E-state index contributed by atoms with van der Waals surface area (Å²) in [6, 6.07) is 7.01. The maximum absolute atomic E-state index is 12.0. The quantitative estimate of drug-likeness (QED) is 0.809. The molecule has 6 nitrogen and oxygen atoms in total. The minimum absolute atomic E-state index is 0.0884. The first kappa shape index (κ1) is 15.6. The second-order valence-corrected chi connectivity index (χ2v) is 5.06. The van der Waals surface area contributed by atoms with Crippen molar-refractivity contribution in [1.29, 1.82) is 0 Å². The van der Waals surface area contributed by atoms with Crippen molar-refractivity contribution in [2.45, 2.75) is 18.4 Å². The summed E-state index contributed by atoms with van der Waals surface area (Å²) in [6.07, 6.45) is 1.22. The number of methoxy groups -OCH3 is 1. The van der Waals surface area contributed by atoms with Gasteiger partial charge >= 0.3 is 0 Å². The summed E-state index contributed by atoms with van der Waals surface area (Å²) in [5.41, 5.74) is -0.585. The second-order valence-electron chi connectivity index (χ2n) is 5.06. The van der Waals surface area contributed by atoms with E-state index in [4.69, 9.17) is 14.2 Å². The predicted octanol–water partition coefficient (Wildman–Crippen LogP) is 0.732. The van der Waals surface area contributed by atoms with Crippen molar-refractivity contribution >= 4 is 5.91 Å². The molecule has 21 heavy (non-hydrogen) atoms. The molecule has 1 aromatic carbocycles. The maximum atomic E-state index is 12.0. The third kappa shape index (κ3) is 4.34. The fourth-order valence-electron chi connectivity index (χ4n) is 2.24. The Kier molecular flexibility index (Phi) is 5.41. The highest BCUT2D eigenvalue weighted by Gasteiger charge is 2.33. The van der Waals surface area contributed by atoms with Crippen LogP contribution in [0.2, 0.25) is 0 Å². The first-order chi connectivity index (χ1) is 10.2. The van der Waals surface area contributed by atoms with Gasteiger partial charge in [-0.2, -0.15) is 0 Å². The molecular formula is C15H21NO5. The van der Waals surface area contributed by atoms with Crippen molar-refractivity contribution < 1.29 is 24.1 Å². The second kappa shape index (κ2) is 7.28. The van der Waals surface area contributed by atoms with Crippen LogP contribution in [0.15, 0.2) is 24.3 Å². The fourth-order valence-corrected chi connectivity index (χ4v) is 2.24. The number of hydrogen-bond donors (Lipinski definition) is 2. The van der Waals surface area contributed by atoms with Gasteiger partial charge in [-0.1, -0.05) is 0 Å². The van der Waals surface area contributed by atoms with E-state index in [0.29, 0.717) is 31.8 Å². The number of amides is 1. The van der Waals surface area contributed by atoms with Gasteiger partial charge in [-0.05, 0) is 37.1 Å². The number of aliphatic hydroxyl groups is 1. The number of carbonyl (C=O) groups is 1. The van der Waals surface area contributed by atoms with Crippen LogP contribution in [0.3, 0.4) is 0 Å². The van der Waals surface area contributed by atoms with Crippen LogP contribution in [0, 0.1) is 0 Å². The summed E-state index contributed by atoms with van der Waals surface area (Å²) in [6.45, 7) is 0.903. The van der Waals surface area contributed by atoms with E-state index in [9.17, 15) is 9.90 Å². The number of ether oxygens (including phenoxy) is 3. The lowest BCUT2D eigenvalue weighted by atomic mass is 9.91. The monoisotopic (exact) mass is 295 g/mol. The molecule has 0 aliphatic carbocycles. The Labute approximate surface area is 124 Å². The van der Waals surface area contributed by atoms with Gasteiger partial charge in [0.2, 0.25) is 0 Å². The molecule has 1 saturated heterocycles. The standard InChI is InChI=1S/C15H21NO5/c1-19-12-2-4-13(5-3-12)21-10-14(18)16-15(11-17)6-8-20-9-7-15/h2-5,17H,6-11H2,1H3,(H,16,18). The first-order valence-corrected chi connectivity index (χ1v) is 6.94. The molecule has 6 heteroatoms. The zero-order valence-electron chi connectivity index (χ0n) is 12.1. The molecule has 1 aromatic rings. The highest BCUT2D eigenvalue weighted by Crippen LogP contribution is 2.20. The zero-order valence-corrected chi connectivity index (χ0v) is 12.1. The third-order valence-electron chi connectivity index (χ3n) is 3.59. The minimum Gasteiger partial charge on any atom is -0.497 e. The largest absolute Gasteiger partial charge is 0.497 e. The molecule has 1 fully saturated rings. The Bertz CT molecular complexity index is 454. The van der Waals surface area contributed by atoms with Crippen LogP contribution in [0.4, 0.5) is 0 Å². The van der Waals surface area contributed by atoms with Gasteiger partial charge in [-0.3, -0.25) is 4.79 Å². The molecule has 2 rings (SSSR count). The van der Waals surface area contributed by atoms with Crippen molar-refractivity contribution in [3.63, 3.8) is 0 Å². The van der Waals surface area contributed by atoms with Crippen LogP contribution < -0.4 is 14.8 Å². The molecule has 0 saturated carbocycles. The highest BCUT2D eigenvalue weighted by molar-refractivity contribution is 5.78. The molecule has 2 N–H and O–H groups in total. The molecule has 0 spiro atoms. The smallest absolute Gasteiger partial charge is 0.258 e. The average Bonchev–Trinajstić information content (AvgIpc) is 2.54. The Balaban J connectivity index is 1.83. The van der Waals surface area contributed by atoms with E-state index >= 15 is 0 Å². The van der Waals surface area contributed by atoms with Gasteiger partial charge in [0.15, 0.2) is 6.61 Å². The van der Waals surface area contributed by atoms with Crippen LogP contribution in [0.25, 0.3) is 0 Å². The van der Waals surface area contributed by atoms with Gasteiger partial charge < -0.3 is 24.6 Å². The fraction of sp³-hybridized carbons (Fsp3) is 0.533. The van der Waals surface area contributed by atoms with E-state index < -0.39 is 5.54 Å². The summed E-state index contributed by atoms with van der Waals surface area (Å²) >= 11 is 0. The first-order valence-electron chi connectivity index (χ1n) is 6.94. The van der Waals surface area contributed by atoms with Crippen molar-refractivity contribution in [3.05, 3.63) is 24.3 Å². The number of nitrogens with one attached hydrogen (secondary N) is 1. The molecule has 116 valence electrons. The van der Waals surface area contributed by atoms with E-state index in [2.05, 4.69) is 5.32 Å². The van der Waals surface area contributed by atoms with Crippen LogP contribution in [0.1, 0.15) is 12.8 Å². The van der Waals surface area contributed by atoms with Crippen molar-refractivity contribution in [1.82, 2.24) is 5.32 Å². The van der Waals surface area contributed by atoms with Gasteiger partial charge in [0, 0.05) is 13.2 Å². The predicted molar refractivity (Wildman–Crippen MR) is 76.5 cm³/mol. The van der Waals surface area contributed by atoms with Gasteiger partial charge in [0.1, 0.15) is 11.5 Å². The lowest BCUT2D eigenvalue weighted by Gasteiger charge is -2.36. The number of benzene rings is 1. The summed E-state index contributed by atoms with van der Waals surface area (Å²) in [5.74, 6) is 1.07. The van der Waals surface area contributed by atoms with Crippen LogP contribution in [0.5, 0.6) is 11.5 Å². The van der Waals surface area contributed by atoms with Crippen LogP contribution >= 0.6 is 0 Å². The number of rotatable bonds is 6. The molecule has 1 aliphatic heterocycles. The lowest BCUT2D eigenvalue weighted by molar-refractivity contribution is -0.127. The van der Waals surface area contributed by atoms with Crippen molar-refractivity contribution in [3.8, 4) is 11.5 Å². The normalized spacial score (nSPS) is 17.0. The van der Waals surface area contributed by atoms with Crippen molar-refractivity contribution in [2.24, 2.45) is 0 Å². The molecule has 1 heterocycles. The zero-order chi connectivity index (χ0) is 15.1. The number of carbonyl (C=O) groups excluding carboxylic acids is 1. The Morgan fingerprint density at radius 3 is 2.48 bits per heavy atom. The number of aliphatic hydroxyl groups excluding tert-OH is 1. The SMILES string of the molecule is COc1ccc(OCC(=O)NC2(CO)CCOCC2)cc1. The minimum atomic E-state index is -0.585. The van der Waals surface area contributed by atoms with Crippen LogP contribution in [-0.2, 0) is 9.53 Å². The molecule has 0 atom stereocenters. The molecule has 1 aliphatic rings. The molecular weight excluding hydrogens is 274 g/mol. The maximum Gasteiger partial charge on any atom is 0.258 e. The molecule has 0 bridgehead atoms. The van der Waals surface area contributed by atoms with Gasteiger partial charge in [-0.15, -0.1) is 0 Å². The Morgan fingerprint density at radius 1 is 1.29 bits per heavy atom. The summed E-state index contributed by atoms with van der Waals surface area (Å²) in [5, 5.41) is 12.4. The molecule has 1 amide bonds. The van der Waals surface area contributed by atoms with Gasteiger partial charge in [0.05, 0.1) is 19.3 Å². The highest BCUT2D eigenvalue weighted by atomic mass is 16.5. The average molecular weight is 295 g/mol. The lowest BCUT2D eigenvalue weighted by Crippen LogP contribution is -2.55. The topological polar surface area (TPSA) is 77.0 Å². The summed E-state index contributed by atoms with van der Waals surface area (Å²) in [4.78, 5) is 12.0. The molecule has 0 unspecified atom stereocenters.